The minimum Gasteiger partial charge on any atom is -0.336 e. The first-order chi connectivity index (χ1) is 13.6. The van der Waals surface area contributed by atoms with Crippen LogP contribution in [0.15, 0.2) is 66.4 Å². The Morgan fingerprint density at radius 2 is 1.93 bits per heavy atom. The fraction of sp³-hybridized carbons (Fsp3) is 0.304. The lowest BCUT2D eigenvalue weighted by atomic mass is 9.57. The van der Waals surface area contributed by atoms with Gasteiger partial charge in [0, 0.05) is 18.7 Å². The molecule has 2 aromatic rings. The zero-order valence-electron chi connectivity index (χ0n) is 15.7. The van der Waals surface area contributed by atoms with Gasteiger partial charge in [0.2, 0.25) is 5.91 Å². The van der Waals surface area contributed by atoms with Crippen LogP contribution in [0.25, 0.3) is 0 Å². The second-order valence-corrected chi connectivity index (χ2v) is 7.50. The summed E-state index contributed by atoms with van der Waals surface area (Å²) < 4.78 is 0. The minimum atomic E-state index is -0.993. The van der Waals surface area contributed by atoms with Gasteiger partial charge in [-0.1, -0.05) is 43.3 Å². The summed E-state index contributed by atoms with van der Waals surface area (Å²) in [6.45, 7) is 2.83. The number of hydrogen-bond acceptors (Lipinski definition) is 4. The fourth-order valence-electron chi connectivity index (χ4n) is 4.64. The van der Waals surface area contributed by atoms with Gasteiger partial charge in [-0.15, -0.1) is 0 Å². The van der Waals surface area contributed by atoms with E-state index in [2.05, 4.69) is 4.98 Å². The summed E-state index contributed by atoms with van der Waals surface area (Å²) in [5.41, 5.74) is 0.748. The number of rotatable bonds is 3. The number of ketones is 1. The van der Waals surface area contributed by atoms with E-state index < -0.39 is 5.41 Å². The SMILES string of the molecule is C[C@@H]1C(=O)C(C#N)=C[C@]2(c3ccccc3)C(=O)N(Cc3ccccn3)CC[C@@H]12. The Balaban J connectivity index is 1.84. The number of allylic oxidation sites excluding steroid dienone is 1. The molecule has 28 heavy (non-hydrogen) atoms. The first-order valence-electron chi connectivity index (χ1n) is 9.50. The number of carbonyl (C=O) groups is 2. The quantitative estimate of drug-likeness (QED) is 0.831. The van der Waals surface area contributed by atoms with Crippen LogP contribution in [-0.2, 0) is 21.5 Å². The summed E-state index contributed by atoms with van der Waals surface area (Å²) in [5, 5.41) is 9.54. The Morgan fingerprint density at radius 3 is 2.61 bits per heavy atom. The number of pyridine rings is 1. The van der Waals surface area contributed by atoms with Gasteiger partial charge in [0.25, 0.3) is 0 Å². The molecule has 1 aliphatic carbocycles. The van der Waals surface area contributed by atoms with Crippen LogP contribution >= 0.6 is 0 Å². The molecule has 2 heterocycles. The molecule has 1 fully saturated rings. The highest BCUT2D eigenvalue weighted by Crippen LogP contribution is 2.49. The van der Waals surface area contributed by atoms with Gasteiger partial charge in [-0.3, -0.25) is 14.6 Å². The van der Waals surface area contributed by atoms with Crippen molar-refractivity contribution in [3.63, 3.8) is 0 Å². The van der Waals surface area contributed by atoms with Crippen LogP contribution in [0.2, 0.25) is 0 Å². The van der Waals surface area contributed by atoms with Crippen molar-refractivity contribution in [2.24, 2.45) is 11.8 Å². The molecule has 2 aliphatic rings. The van der Waals surface area contributed by atoms with E-state index in [0.29, 0.717) is 19.5 Å². The molecule has 1 aliphatic heterocycles. The number of hydrogen-bond donors (Lipinski definition) is 0. The predicted molar refractivity (Wildman–Crippen MR) is 104 cm³/mol. The number of likely N-dealkylation sites (tertiary alicyclic amines) is 1. The molecule has 1 amide bonds. The van der Waals surface area contributed by atoms with Crippen LogP contribution < -0.4 is 0 Å². The maximum Gasteiger partial charge on any atom is 0.237 e. The predicted octanol–water partition coefficient (Wildman–Crippen LogP) is 3.04. The highest BCUT2D eigenvalue weighted by molar-refractivity contribution is 6.06. The smallest absolute Gasteiger partial charge is 0.237 e. The molecule has 5 heteroatoms. The molecule has 1 aromatic heterocycles. The number of benzene rings is 1. The van der Waals surface area contributed by atoms with E-state index >= 15 is 0 Å². The van der Waals surface area contributed by atoms with Crippen LogP contribution in [-0.4, -0.2) is 28.1 Å². The van der Waals surface area contributed by atoms with Crippen molar-refractivity contribution in [2.75, 3.05) is 6.54 Å². The monoisotopic (exact) mass is 371 g/mol. The average molecular weight is 371 g/mol. The summed E-state index contributed by atoms with van der Waals surface area (Å²) in [6, 6.07) is 17.2. The van der Waals surface area contributed by atoms with Gasteiger partial charge in [-0.25, -0.2) is 0 Å². The Labute approximate surface area is 164 Å². The Kier molecular flexibility index (Phi) is 4.56. The maximum absolute atomic E-state index is 13.8. The fourth-order valence-corrected chi connectivity index (χ4v) is 4.64. The second kappa shape index (κ2) is 7.05. The third kappa shape index (κ3) is 2.73. The number of aromatic nitrogens is 1. The van der Waals surface area contributed by atoms with Gasteiger partial charge in [0.05, 0.1) is 23.2 Å². The average Bonchev–Trinajstić information content (AvgIpc) is 2.74. The lowest BCUT2D eigenvalue weighted by Crippen LogP contribution is -2.59. The molecular weight excluding hydrogens is 350 g/mol. The van der Waals surface area contributed by atoms with E-state index in [0.717, 1.165) is 11.3 Å². The Hall–Kier alpha value is -3.26. The molecule has 0 bridgehead atoms. The number of nitrogens with zero attached hydrogens (tertiary/aromatic N) is 3. The topological polar surface area (TPSA) is 74.1 Å². The van der Waals surface area contributed by atoms with Crippen LogP contribution in [0.1, 0.15) is 24.6 Å². The van der Waals surface area contributed by atoms with E-state index in [1.165, 1.54) is 0 Å². The number of Topliss-reactive ketones (excluding diaryl/α,β-unsaturated/α-hetero) is 1. The molecule has 0 unspecified atom stereocenters. The first-order valence-corrected chi connectivity index (χ1v) is 9.50. The van der Waals surface area contributed by atoms with Crippen LogP contribution in [0.3, 0.4) is 0 Å². The molecule has 0 N–H and O–H groups in total. The number of amides is 1. The third-order valence-electron chi connectivity index (χ3n) is 6.04. The molecule has 0 saturated carbocycles. The van der Waals surface area contributed by atoms with Crippen LogP contribution in [0.5, 0.6) is 0 Å². The van der Waals surface area contributed by atoms with Gasteiger partial charge < -0.3 is 4.90 Å². The number of carbonyl (C=O) groups excluding carboxylic acids is 2. The van der Waals surface area contributed by atoms with E-state index in [9.17, 15) is 14.9 Å². The summed E-state index contributed by atoms with van der Waals surface area (Å²) >= 11 is 0. The largest absolute Gasteiger partial charge is 0.336 e. The van der Waals surface area contributed by atoms with Gasteiger partial charge >= 0.3 is 0 Å². The van der Waals surface area contributed by atoms with Gasteiger partial charge in [-0.05, 0) is 36.1 Å². The van der Waals surface area contributed by atoms with Crippen molar-refractivity contribution in [2.45, 2.75) is 25.3 Å². The molecule has 1 aromatic carbocycles. The molecule has 1 saturated heterocycles. The van der Waals surface area contributed by atoms with Gasteiger partial charge in [0.1, 0.15) is 6.07 Å². The summed E-state index contributed by atoms with van der Waals surface area (Å²) in [4.78, 5) is 32.6. The van der Waals surface area contributed by atoms with Crippen molar-refractivity contribution in [3.8, 4) is 6.07 Å². The number of fused-ring (bicyclic) bond motifs is 1. The third-order valence-corrected chi connectivity index (χ3v) is 6.04. The van der Waals surface area contributed by atoms with Crippen LogP contribution in [0, 0.1) is 23.2 Å². The van der Waals surface area contributed by atoms with Crippen molar-refractivity contribution >= 4 is 11.7 Å². The van der Waals surface area contributed by atoms with Crippen molar-refractivity contribution in [3.05, 3.63) is 77.6 Å². The lowest BCUT2D eigenvalue weighted by molar-refractivity contribution is -0.145. The molecule has 0 spiro atoms. The first kappa shape index (κ1) is 18.1. The van der Waals surface area contributed by atoms with Crippen molar-refractivity contribution in [1.82, 2.24) is 9.88 Å². The summed E-state index contributed by atoms with van der Waals surface area (Å²) in [6.07, 6.45) is 4.05. The molecule has 0 radical (unpaired) electrons. The van der Waals surface area contributed by atoms with Crippen LogP contribution in [0.4, 0.5) is 0 Å². The highest BCUT2D eigenvalue weighted by Gasteiger charge is 2.56. The summed E-state index contributed by atoms with van der Waals surface area (Å²) in [7, 11) is 0. The summed E-state index contributed by atoms with van der Waals surface area (Å²) in [5.74, 6) is -0.759. The zero-order chi connectivity index (χ0) is 19.7. The maximum atomic E-state index is 13.8. The zero-order valence-corrected chi connectivity index (χ0v) is 15.7. The van der Waals surface area contributed by atoms with Crippen molar-refractivity contribution < 1.29 is 9.59 Å². The lowest BCUT2D eigenvalue weighted by Gasteiger charge is -2.49. The molecule has 3 atom stereocenters. The Bertz CT molecular complexity index is 978. The van der Waals surface area contributed by atoms with E-state index in [-0.39, 0.29) is 29.1 Å². The Morgan fingerprint density at radius 1 is 1.18 bits per heavy atom. The number of nitriles is 1. The molecule has 5 nitrogen and oxygen atoms in total. The number of piperidine rings is 1. The van der Waals surface area contributed by atoms with E-state index in [4.69, 9.17) is 0 Å². The van der Waals surface area contributed by atoms with Gasteiger partial charge in [-0.2, -0.15) is 5.26 Å². The molecular formula is C23H21N3O2. The molecule has 4 rings (SSSR count). The normalized spacial score (nSPS) is 27.0. The van der Waals surface area contributed by atoms with E-state index in [1.807, 2.05) is 61.5 Å². The molecule has 140 valence electrons. The highest BCUT2D eigenvalue weighted by atomic mass is 16.2. The van der Waals surface area contributed by atoms with Crippen molar-refractivity contribution in [1.29, 1.82) is 5.26 Å². The minimum absolute atomic E-state index is 0.0623. The van der Waals surface area contributed by atoms with E-state index in [1.54, 1.807) is 17.2 Å². The van der Waals surface area contributed by atoms with Gasteiger partial charge in [0.15, 0.2) is 5.78 Å². The second-order valence-electron chi connectivity index (χ2n) is 7.50. The standard InChI is InChI=1S/C23H21N3O2/c1-16-20-10-12-26(15-19-9-5-6-11-25-19)22(28)23(20,13-17(14-24)21(16)27)18-7-3-2-4-8-18/h2-9,11,13,16,20H,10,12,15H2,1H3/t16-,20-,23+/m0/s1.